The zero-order valence-corrected chi connectivity index (χ0v) is 15.8. The van der Waals surface area contributed by atoms with Gasteiger partial charge >= 0.3 is 0 Å². The van der Waals surface area contributed by atoms with E-state index in [1.54, 1.807) is 18.0 Å². The first-order valence-corrected chi connectivity index (χ1v) is 11.5. The van der Waals surface area contributed by atoms with Crippen molar-refractivity contribution in [2.24, 2.45) is 0 Å². The van der Waals surface area contributed by atoms with Crippen molar-refractivity contribution in [3.05, 3.63) is 30.5 Å². The van der Waals surface area contributed by atoms with Gasteiger partial charge in [-0.05, 0) is 36.3 Å². The Hall–Kier alpha value is -1.04. The molecule has 0 aliphatic heterocycles. The molecule has 2 aromatic rings. The average molecular weight is 336 g/mol. The lowest BCUT2D eigenvalue weighted by Crippen LogP contribution is -2.43. The molecule has 0 atom stereocenters. The summed E-state index contributed by atoms with van der Waals surface area (Å²) in [5, 5.41) is 10.3. The van der Waals surface area contributed by atoms with Crippen molar-refractivity contribution in [2.45, 2.75) is 43.8 Å². The fraction of sp³-hybridized carbons (Fsp3) is 0.471. The number of hydrogen-bond donors (Lipinski definition) is 1. The molecular formula is C17H25NO2SSi. The van der Waals surface area contributed by atoms with Crippen LogP contribution in [0.4, 0.5) is 0 Å². The van der Waals surface area contributed by atoms with Gasteiger partial charge in [-0.25, -0.2) is 0 Å². The molecule has 1 N–H and O–H groups in total. The van der Waals surface area contributed by atoms with E-state index in [0.717, 1.165) is 21.5 Å². The van der Waals surface area contributed by atoms with E-state index < -0.39 is 8.32 Å². The highest BCUT2D eigenvalue weighted by atomic mass is 32.2. The molecule has 3 nitrogen and oxygen atoms in total. The molecule has 0 fully saturated rings. The summed E-state index contributed by atoms with van der Waals surface area (Å²) in [6.45, 7) is 11.4. The zero-order valence-electron chi connectivity index (χ0n) is 14.0. The number of rotatable bonds is 5. The van der Waals surface area contributed by atoms with Crippen LogP contribution in [0.5, 0.6) is 5.75 Å². The highest BCUT2D eigenvalue weighted by molar-refractivity contribution is 7.99. The standard InChI is InChI=1S/C17H25NO2SSi/c1-17(2,3)22(4,5)20-14-8-9-15(21-12-11-19)13-7-6-10-18-16(13)14/h6-10,19H,11-12H2,1-5H3. The molecule has 0 saturated heterocycles. The van der Waals surface area contributed by atoms with E-state index in [1.807, 2.05) is 12.1 Å². The molecule has 1 aromatic carbocycles. The Labute approximate surface area is 138 Å². The molecule has 0 bridgehead atoms. The summed E-state index contributed by atoms with van der Waals surface area (Å²) in [7, 11) is -1.89. The van der Waals surface area contributed by atoms with Crippen LogP contribution in [0.2, 0.25) is 18.1 Å². The van der Waals surface area contributed by atoms with Gasteiger partial charge in [0.15, 0.2) is 0 Å². The molecule has 0 unspecified atom stereocenters. The molecule has 0 spiro atoms. The summed E-state index contributed by atoms with van der Waals surface area (Å²) in [6.07, 6.45) is 1.81. The first kappa shape index (κ1) is 17.3. The molecule has 0 amide bonds. The lowest BCUT2D eigenvalue weighted by atomic mass is 10.2. The summed E-state index contributed by atoms with van der Waals surface area (Å²) in [5.41, 5.74) is 0.912. The predicted octanol–water partition coefficient (Wildman–Crippen LogP) is 4.70. The lowest BCUT2D eigenvalue weighted by Gasteiger charge is -2.36. The Morgan fingerprint density at radius 1 is 1.23 bits per heavy atom. The highest BCUT2D eigenvalue weighted by Crippen LogP contribution is 2.40. The maximum absolute atomic E-state index is 9.04. The van der Waals surface area contributed by atoms with Gasteiger partial charge < -0.3 is 9.53 Å². The van der Waals surface area contributed by atoms with Gasteiger partial charge in [-0.3, -0.25) is 4.98 Å². The molecule has 1 aromatic heterocycles. The molecule has 2 rings (SSSR count). The third kappa shape index (κ3) is 3.64. The predicted molar refractivity (Wildman–Crippen MR) is 97.4 cm³/mol. The van der Waals surface area contributed by atoms with Crippen LogP contribution in [-0.4, -0.2) is 30.8 Å². The van der Waals surface area contributed by atoms with E-state index in [9.17, 15) is 0 Å². The molecule has 0 saturated carbocycles. The summed E-state index contributed by atoms with van der Waals surface area (Å²) in [6, 6.07) is 8.12. The third-order valence-electron chi connectivity index (χ3n) is 4.21. The molecule has 0 aliphatic rings. The zero-order chi connectivity index (χ0) is 16.4. The Kier molecular flexibility index (Phi) is 5.20. The molecule has 0 aliphatic carbocycles. The van der Waals surface area contributed by atoms with Crippen molar-refractivity contribution >= 4 is 31.0 Å². The topological polar surface area (TPSA) is 42.4 Å². The van der Waals surface area contributed by atoms with Gasteiger partial charge in [-0.2, -0.15) is 0 Å². The van der Waals surface area contributed by atoms with Gasteiger partial charge in [0.05, 0.1) is 6.61 Å². The number of pyridine rings is 1. The van der Waals surface area contributed by atoms with Crippen LogP contribution in [0, 0.1) is 0 Å². The summed E-state index contributed by atoms with van der Waals surface area (Å²) in [5.74, 6) is 1.56. The van der Waals surface area contributed by atoms with Crippen LogP contribution < -0.4 is 4.43 Å². The third-order valence-corrected chi connectivity index (χ3v) is 9.61. The van der Waals surface area contributed by atoms with E-state index in [0.29, 0.717) is 5.75 Å². The van der Waals surface area contributed by atoms with Crippen LogP contribution in [-0.2, 0) is 0 Å². The molecule has 5 heteroatoms. The molecular weight excluding hydrogens is 310 g/mol. The Balaban J connectivity index is 2.44. The summed E-state index contributed by atoms with van der Waals surface area (Å²) < 4.78 is 6.46. The Bertz CT molecular complexity index is 653. The first-order valence-electron chi connectivity index (χ1n) is 7.57. The van der Waals surface area contributed by atoms with Crippen LogP contribution in [0.1, 0.15) is 20.8 Å². The first-order chi connectivity index (χ1) is 10.3. The number of aromatic nitrogens is 1. The normalized spacial score (nSPS) is 12.6. The largest absolute Gasteiger partial charge is 0.542 e. The van der Waals surface area contributed by atoms with E-state index in [-0.39, 0.29) is 11.6 Å². The maximum atomic E-state index is 9.04. The summed E-state index contributed by atoms with van der Waals surface area (Å²) in [4.78, 5) is 5.68. The number of hydrogen-bond acceptors (Lipinski definition) is 4. The number of benzene rings is 1. The van der Waals surface area contributed by atoms with Crippen molar-refractivity contribution in [3.8, 4) is 5.75 Å². The van der Waals surface area contributed by atoms with Gasteiger partial charge in [0.1, 0.15) is 11.3 Å². The average Bonchev–Trinajstić information content (AvgIpc) is 2.45. The van der Waals surface area contributed by atoms with Crippen LogP contribution in [0.15, 0.2) is 35.4 Å². The summed E-state index contributed by atoms with van der Waals surface area (Å²) >= 11 is 1.65. The van der Waals surface area contributed by atoms with Crippen LogP contribution in [0.25, 0.3) is 10.9 Å². The van der Waals surface area contributed by atoms with E-state index in [2.05, 4.69) is 51.0 Å². The Morgan fingerprint density at radius 3 is 2.59 bits per heavy atom. The van der Waals surface area contributed by atoms with Gasteiger partial charge in [-0.1, -0.05) is 26.8 Å². The number of nitrogens with zero attached hydrogens (tertiary/aromatic N) is 1. The van der Waals surface area contributed by atoms with Crippen LogP contribution >= 0.6 is 11.8 Å². The van der Waals surface area contributed by atoms with Gasteiger partial charge in [0.25, 0.3) is 8.32 Å². The fourth-order valence-corrected chi connectivity index (χ4v) is 3.73. The highest BCUT2D eigenvalue weighted by Gasteiger charge is 2.39. The monoisotopic (exact) mass is 335 g/mol. The smallest absolute Gasteiger partial charge is 0.250 e. The molecule has 1 heterocycles. The molecule has 120 valence electrons. The minimum absolute atomic E-state index is 0.151. The second-order valence-corrected chi connectivity index (χ2v) is 12.8. The van der Waals surface area contributed by atoms with E-state index in [4.69, 9.17) is 9.53 Å². The second kappa shape index (κ2) is 6.60. The van der Waals surface area contributed by atoms with Crippen molar-refractivity contribution in [2.75, 3.05) is 12.4 Å². The SMILES string of the molecule is CC(C)(C)[Si](C)(C)Oc1ccc(SCCO)c2cccnc12. The molecule has 22 heavy (non-hydrogen) atoms. The van der Waals surface area contributed by atoms with Crippen molar-refractivity contribution in [1.82, 2.24) is 4.98 Å². The van der Waals surface area contributed by atoms with Crippen molar-refractivity contribution in [3.63, 3.8) is 0 Å². The number of fused-ring (bicyclic) bond motifs is 1. The van der Waals surface area contributed by atoms with Gasteiger partial charge in [-0.15, -0.1) is 11.8 Å². The number of aliphatic hydroxyl groups is 1. The van der Waals surface area contributed by atoms with Gasteiger partial charge in [0.2, 0.25) is 0 Å². The number of aliphatic hydroxyl groups excluding tert-OH is 1. The second-order valence-electron chi connectivity index (χ2n) is 6.90. The van der Waals surface area contributed by atoms with E-state index in [1.165, 1.54) is 0 Å². The fourth-order valence-electron chi connectivity index (χ4n) is 1.91. The minimum atomic E-state index is -1.89. The van der Waals surface area contributed by atoms with E-state index >= 15 is 0 Å². The van der Waals surface area contributed by atoms with Crippen molar-refractivity contribution in [1.29, 1.82) is 0 Å². The van der Waals surface area contributed by atoms with Crippen LogP contribution in [0.3, 0.4) is 0 Å². The Morgan fingerprint density at radius 2 is 1.95 bits per heavy atom. The quantitative estimate of drug-likeness (QED) is 0.635. The van der Waals surface area contributed by atoms with Crippen molar-refractivity contribution < 1.29 is 9.53 Å². The van der Waals surface area contributed by atoms with Gasteiger partial charge in [0, 0.05) is 22.2 Å². The number of thioether (sulfide) groups is 1. The maximum Gasteiger partial charge on any atom is 0.250 e. The minimum Gasteiger partial charge on any atom is -0.542 e. The lowest BCUT2D eigenvalue weighted by molar-refractivity contribution is 0.322. The molecule has 0 radical (unpaired) electrons.